The molecular weight excluding hydrogens is 541 g/mol. The molecule has 37 heavy (non-hydrogen) atoms. The van der Waals surface area contributed by atoms with Gasteiger partial charge in [-0.25, -0.2) is 0 Å². The molecule has 0 heterocycles. The number of carbonyl (C=O) groups excluding carboxylic acids is 1. The molecule has 0 atom stereocenters. The van der Waals surface area contributed by atoms with E-state index >= 15 is 0 Å². The van der Waals surface area contributed by atoms with Crippen molar-refractivity contribution < 1.29 is 27.6 Å². The van der Waals surface area contributed by atoms with Gasteiger partial charge in [0.1, 0.15) is 22.0 Å². The predicted octanol–water partition coefficient (Wildman–Crippen LogP) is 7.08. The van der Waals surface area contributed by atoms with Crippen LogP contribution < -0.4 is 10.1 Å². The van der Waals surface area contributed by atoms with Gasteiger partial charge in [0.25, 0.3) is 16.0 Å². The Morgan fingerprint density at radius 3 is 2.41 bits per heavy atom. The average Bonchev–Trinajstić information content (AvgIpc) is 2.85. The highest BCUT2D eigenvalue weighted by Gasteiger charge is 2.22. The van der Waals surface area contributed by atoms with Crippen molar-refractivity contribution in [2.24, 2.45) is 10.2 Å². The number of phenols is 1. The number of fused-ring (bicyclic) bond motifs is 1. The minimum atomic E-state index is -4.68. The van der Waals surface area contributed by atoms with Crippen LogP contribution >= 0.6 is 23.2 Å². The van der Waals surface area contributed by atoms with Crippen molar-refractivity contribution in [3.05, 3.63) is 81.8 Å². The van der Waals surface area contributed by atoms with Gasteiger partial charge in [-0.15, -0.1) is 10.2 Å². The second-order valence-corrected chi connectivity index (χ2v) is 10.1. The molecule has 0 spiro atoms. The monoisotopic (exact) mass is 559 g/mol. The zero-order valence-corrected chi connectivity index (χ0v) is 21.7. The Balaban J connectivity index is 1.86. The summed E-state index contributed by atoms with van der Waals surface area (Å²) in [6.45, 7) is 1.62. The van der Waals surface area contributed by atoms with E-state index in [1.54, 1.807) is 43.3 Å². The third kappa shape index (κ3) is 5.37. The molecule has 190 valence electrons. The van der Waals surface area contributed by atoms with Gasteiger partial charge in [-0.2, -0.15) is 8.42 Å². The van der Waals surface area contributed by atoms with Crippen LogP contribution in [0.2, 0.25) is 10.0 Å². The molecule has 4 aromatic rings. The largest absolute Gasteiger partial charge is 0.505 e. The maximum Gasteiger partial charge on any atom is 0.296 e. The number of hydrogen-bond acceptors (Lipinski definition) is 7. The highest BCUT2D eigenvalue weighted by Crippen LogP contribution is 2.42. The van der Waals surface area contributed by atoms with Gasteiger partial charge in [-0.3, -0.25) is 9.35 Å². The lowest BCUT2D eigenvalue weighted by molar-refractivity contribution is 0.102. The summed E-state index contributed by atoms with van der Waals surface area (Å²) >= 11 is 12.3. The van der Waals surface area contributed by atoms with E-state index in [9.17, 15) is 22.9 Å². The van der Waals surface area contributed by atoms with Gasteiger partial charge in [0.05, 0.1) is 23.4 Å². The first-order valence-electron chi connectivity index (χ1n) is 10.6. The first kappa shape index (κ1) is 26.4. The zero-order chi connectivity index (χ0) is 26.9. The SMILES string of the molecule is COc1cc(Cl)ccc1NC(=O)c1cc2ccccc2c(N=Nc2c(S(=O)(=O)O)ccc(C)c2Cl)c1O. The number of carbonyl (C=O) groups is 1. The van der Waals surface area contributed by atoms with Crippen LogP contribution in [0.25, 0.3) is 10.8 Å². The molecule has 0 aliphatic heterocycles. The predicted molar refractivity (Wildman–Crippen MR) is 142 cm³/mol. The number of anilines is 1. The van der Waals surface area contributed by atoms with E-state index < -0.39 is 26.7 Å². The van der Waals surface area contributed by atoms with E-state index in [1.807, 2.05) is 0 Å². The number of amides is 1. The topological polar surface area (TPSA) is 138 Å². The fourth-order valence-corrected chi connectivity index (χ4v) is 4.65. The van der Waals surface area contributed by atoms with Crippen LogP contribution in [0.5, 0.6) is 11.5 Å². The molecule has 0 unspecified atom stereocenters. The summed E-state index contributed by atoms with van der Waals surface area (Å²) in [4.78, 5) is 12.6. The molecule has 0 bridgehead atoms. The summed E-state index contributed by atoms with van der Waals surface area (Å²) in [5.74, 6) is -0.870. The third-order valence-corrected chi connectivity index (χ3v) is 7.05. The van der Waals surface area contributed by atoms with E-state index in [0.29, 0.717) is 32.8 Å². The Morgan fingerprint density at radius 1 is 1.00 bits per heavy atom. The summed E-state index contributed by atoms with van der Waals surface area (Å²) in [6, 6.07) is 15.5. The number of hydrogen-bond donors (Lipinski definition) is 3. The first-order valence-corrected chi connectivity index (χ1v) is 12.8. The summed E-state index contributed by atoms with van der Waals surface area (Å²) in [5, 5.41) is 23.1. The first-order chi connectivity index (χ1) is 17.5. The van der Waals surface area contributed by atoms with Crippen molar-refractivity contribution in [2.75, 3.05) is 12.4 Å². The van der Waals surface area contributed by atoms with Gasteiger partial charge in [-0.1, -0.05) is 53.5 Å². The molecule has 3 N–H and O–H groups in total. The Morgan fingerprint density at radius 2 is 1.70 bits per heavy atom. The van der Waals surface area contributed by atoms with Gasteiger partial charge in [0.15, 0.2) is 5.75 Å². The number of halogens is 2. The quantitative estimate of drug-likeness (QED) is 0.170. The van der Waals surface area contributed by atoms with Crippen molar-refractivity contribution in [3.63, 3.8) is 0 Å². The maximum absolute atomic E-state index is 13.2. The van der Waals surface area contributed by atoms with Gasteiger partial charge in [-0.05, 0) is 42.1 Å². The smallest absolute Gasteiger partial charge is 0.296 e. The Bertz CT molecular complexity index is 1690. The molecule has 9 nitrogen and oxygen atoms in total. The molecule has 4 rings (SSSR count). The summed E-state index contributed by atoms with van der Waals surface area (Å²) < 4.78 is 38.6. The highest BCUT2D eigenvalue weighted by molar-refractivity contribution is 7.86. The van der Waals surface area contributed by atoms with Crippen LogP contribution in [-0.2, 0) is 10.1 Å². The molecule has 0 fully saturated rings. The standard InChI is InChI=1S/C25H19Cl2N3O6S/c1-13-7-10-20(37(33,34)35)23(21(13)27)30-29-22-16-6-4-3-5-14(16)11-17(24(22)31)25(32)28-18-9-8-15(26)12-19(18)36-2/h3-12,31H,1-2H3,(H,28,32)(H,33,34,35). The van der Waals surface area contributed by atoms with Crippen molar-refractivity contribution in [1.29, 1.82) is 0 Å². The minimum Gasteiger partial charge on any atom is -0.505 e. The lowest BCUT2D eigenvalue weighted by Gasteiger charge is -2.13. The van der Waals surface area contributed by atoms with Gasteiger partial charge in [0, 0.05) is 16.5 Å². The van der Waals surface area contributed by atoms with Crippen molar-refractivity contribution in [3.8, 4) is 11.5 Å². The van der Waals surface area contributed by atoms with Gasteiger partial charge in [0.2, 0.25) is 0 Å². The summed E-state index contributed by atoms with van der Waals surface area (Å²) in [5.41, 5.74) is 0.257. The number of benzene rings is 4. The van der Waals surface area contributed by atoms with Crippen molar-refractivity contribution in [2.45, 2.75) is 11.8 Å². The lowest BCUT2D eigenvalue weighted by Crippen LogP contribution is -2.13. The van der Waals surface area contributed by atoms with Crippen LogP contribution in [-0.4, -0.2) is 31.1 Å². The van der Waals surface area contributed by atoms with Gasteiger partial charge < -0.3 is 15.2 Å². The third-order valence-electron chi connectivity index (χ3n) is 5.45. The Labute approximate surface area is 222 Å². The number of aromatic hydroxyl groups is 1. The van der Waals surface area contributed by atoms with Crippen LogP contribution in [0, 0.1) is 6.92 Å². The second kappa shape index (κ2) is 10.3. The maximum atomic E-state index is 13.2. The van der Waals surface area contributed by atoms with E-state index in [2.05, 4.69) is 15.5 Å². The van der Waals surface area contributed by atoms with Crippen LogP contribution in [0.15, 0.2) is 75.8 Å². The molecule has 0 aliphatic rings. The number of nitrogens with zero attached hydrogens (tertiary/aromatic N) is 2. The number of nitrogens with one attached hydrogen (secondary N) is 1. The number of methoxy groups -OCH3 is 1. The number of rotatable bonds is 6. The normalized spacial score (nSPS) is 11.7. The molecule has 1 amide bonds. The molecule has 4 aromatic carbocycles. The molecule has 0 radical (unpaired) electrons. The average molecular weight is 560 g/mol. The number of aryl methyl sites for hydroxylation is 1. The van der Waals surface area contributed by atoms with E-state index in [-0.39, 0.29) is 22.0 Å². The number of azo groups is 1. The molecular formula is C25H19Cl2N3O6S. The fourth-order valence-electron chi connectivity index (χ4n) is 3.60. The molecule has 0 aromatic heterocycles. The number of phenolic OH excluding ortho intramolecular Hbond substituents is 1. The molecule has 0 saturated carbocycles. The zero-order valence-electron chi connectivity index (χ0n) is 19.4. The summed E-state index contributed by atoms with van der Waals surface area (Å²) in [7, 11) is -3.26. The van der Waals surface area contributed by atoms with Crippen LogP contribution in [0.1, 0.15) is 15.9 Å². The number of ether oxygens (including phenoxy) is 1. The lowest BCUT2D eigenvalue weighted by atomic mass is 10.0. The van der Waals surface area contributed by atoms with Gasteiger partial charge >= 0.3 is 0 Å². The summed E-state index contributed by atoms with van der Waals surface area (Å²) in [6.07, 6.45) is 0. The van der Waals surface area contributed by atoms with E-state index in [4.69, 9.17) is 27.9 Å². The molecule has 0 aliphatic carbocycles. The van der Waals surface area contributed by atoms with E-state index in [0.717, 1.165) is 6.07 Å². The fraction of sp³-hybridized carbons (Fsp3) is 0.0800. The highest BCUT2D eigenvalue weighted by atomic mass is 35.5. The molecule has 0 saturated heterocycles. The minimum absolute atomic E-state index is 0.0496. The second-order valence-electron chi connectivity index (χ2n) is 7.86. The van der Waals surface area contributed by atoms with Crippen LogP contribution in [0.3, 0.4) is 0 Å². The van der Waals surface area contributed by atoms with Crippen molar-refractivity contribution in [1.82, 2.24) is 0 Å². The van der Waals surface area contributed by atoms with E-state index in [1.165, 1.54) is 25.3 Å². The molecule has 12 heteroatoms. The Kier molecular flexibility index (Phi) is 7.37. The van der Waals surface area contributed by atoms with Crippen LogP contribution in [0.4, 0.5) is 17.1 Å². The van der Waals surface area contributed by atoms with Crippen molar-refractivity contribution >= 4 is 67.1 Å². The Hall–Kier alpha value is -3.70.